The lowest BCUT2D eigenvalue weighted by Gasteiger charge is -2.55. The molecule has 0 spiro atoms. The third kappa shape index (κ3) is 3.19. The number of rotatable bonds is 6. The first-order valence-corrected chi connectivity index (χ1v) is 9.45. The SMILES string of the molecule is CCC1CC(C(=O)O)CCC1(C(=O)O)C1(C(=O)O)CCC(C(=O)O)C(C)C1. The van der Waals surface area contributed by atoms with Crippen LogP contribution in [-0.2, 0) is 19.2 Å². The molecule has 4 N–H and O–H groups in total. The summed E-state index contributed by atoms with van der Waals surface area (Å²) in [6.45, 7) is 3.42. The van der Waals surface area contributed by atoms with E-state index in [2.05, 4.69) is 0 Å². The lowest BCUT2D eigenvalue weighted by Crippen LogP contribution is -2.61. The van der Waals surface area contributed by atoms with E-state index in [9.17, 15) is 39.6 Å². The first kappa shape index (κ1) is 21.2. The molecule has 6 unspecified atom stereocenters. The molecule has 0 radical (unpaired) electrons. The van der Waals surface area contributed by atoms with Crippen molar-refractivity contribution >= 4 is 23.9 Å². The van der Waals surface area contributed by atoms with Crippen LogP contribution in [0.4, 0.5) is 0 Å². The largest absolute Gasteiger partial charge is 0.481 e. The molecule has 0 aromatic rings. The summed E-state index contributed by atoms with van der Waals surface area (Å²) in [7, 11) is 0. The fourth-order valence-corrected chi connectivity index (χ4v) is 5.76. The van der Waals surface area contributed by atoms with Crippen LogP contribution < -0.4 is 0 Å². The molecule has 0 aromatic heterocycles. The van der Waals surface area contributed by atoms with E-state index in [1.807, 2.05) is 0 Å². The molecule has 2 saturated carbocycles. The summed E-state index contributed by atoms with van der Waals surface area (Å²) in [4.78, 5) is 47.9. The van der Waals surface area contributed by atoms with Crippen LogP contribution in [0.3, 0.4) is 0 Å². The lowest BCUT2D eigenvalue weighted by atomic mass is 9.45. The van der Waals surface area contributed by atoms with Gasteiger partial charge in [-0.1, -0.05) is 20.3 Å². The number of hydrogen-bond donors (Lipinski definition) is 4. The Bertz CT molecular complexity index is 644. The van der Waals surface area contributed by atoms with Crippen LogP contribution >= 0.6 is 0 Å². The minimum atomic E-state index is -1.59. The van der Waals surface area contributed by atoms with Crippen molar-refractivity contribution in [3.05, 3.63) is 0 Å². The van der Waals surface area contributed by atoms with Gasteiger partial charge in [-0.05, 0) is 50.4 Å². The van der Waals surface area contributed by atoms with Gasteiger partial charge in [0.1, 0.15) is 0 Å². The number of hydrogen-bond acceptors (Lipinski definition) is 4. The Hall–Kier alpha value is -2.12. The van der Waals surface area contributed by atoms with Gasteiger partial charge in [0.25, 0.3) is 0 Å². The van der Waals surface area contributed by atoms with Gasteiger partial charge < -0.3 is 20.4 Å². The number of carboxylic acid groups (broad SMARTS) is 4. The summed E-state index contributed by atoms with van der Waals surface area (Å²) in [5, 5.41) is 39.1. The summed E-state index contributed by atoms with van der Waals surface area (Å²) in [5.74, 6) is -6.84. The quantitative estimate of drug-likeness (QED) is 0.546. The Morgan fingerprint density at radius 2 is 1.56 bits per heavy atom. The van der Waals surface area contributed by atoms with Crippen LogP contribution in [0.5, 0.6) is 0 Å². The Morgan fingerprint density at radius 1 is 0.926 bits per heavy atom. The third-order valence-electron chi connectivity index (χ3n) is 7.20. The van der Waals surface area contributed by atoms with Crippen molar-refractivity contribution in [2.45, 2.75) is 58.8 Å². The molecule has 0 heterocycles. The zero-order chi connectivity index (χ0) is 20.6. The zero-order valence-electron chi connectivity index (χ0n) is 15.7. The third-order valence-corrected chi connectivity index (χ3v) is 7.20. The summed E-state index contributed by atoms with van der Waals surface area (Å²) >= 11 is 0. The highest BCUT2D eigenvalue weighted by atomic mass is 16.4. The zero-order valence-corrected chi connectivity index (χ0v) is 15.7. The maximum atomic E-state index is 12.5. The highest BCUT2D eigenvalue weighted by Crippen LogP contribution is 2.62. The second kappa shape index (κ2) is 7.48. The smallest absolute Gasteiger partial charge is 0.311 e. The van der Waals surface area contributed by atoms with Crippen molar-refractivity contribution < 1.29 is 39.6 Å². The number of aliphatic carboxylic acids is 4. The maximum absolute atomic E-state index is 12.5. The second-order valence-electron chi connectivity index (χ2n) is 8.24. The molecule has 8 heteroatoms. The van der Waals surface area contributed by atoms with Gasteiger partial charge in [0.05, 0.1) is 22.7 Å². The molecular weight excluding hydrogens is 356 g/mol. The Morgan fingerprint density at radius 3 is 1.96 bits per heavy atom. The molecule has 0 aromatic carbocycles. The highest BCUT2D eigenvalue weighted by molar-refractivity contribution is 5.88. The first-order valence-electron chi connectivity index (χ1n) is 9.45. The molecule has 0 amide bonds. The Labute approximate surface area is 157 Å². The highest BCUT2D eigenvalue weighted by Gasteiger charge is 2.67. The van der Waals surface area contributed by atoms with E-state index in [1.165, 1.54) is 0 Å². The van der Waals surface area contributed by atoms with Crippen molar-refractivity contribution in [1.29, 1.82) is 0 Å². The van der Waals surface area contributed by atoms with Gasteiger partial charge in [0, 0.05) is 0 Å². The normalized spacial score (nSPS) is 39.5. The van der Waals surface area contributed by atoms with Crippen molar-refractivity contribution in [2.75, 3.05) is 0 Å². The van der Waals surface area contributed by atoms with E-state index in [0.29, 0.717) is 6.42 Å². The van der Waals surface area contributed by atoms with Gasteiger partial charge in [-0.15, -0.1) is 0 Å². The standard InChI is InChI=1S/C19H28O8/c1-3-12-8-11(14(20)21)4-7-19(12,17(26)27)18(16(24)25)6-5-13(15(22)23)10(2)9-18/h10-13H,3-9H2,1-2H3,(H,20,21)(H,22,23)(H,24,25)(H,26,27). The van der Waals surface area contributed by atoms with E-state index in [0.717, 1.165) is 0 Å². The summed E-state index contributed by atoms with van der Waals surface area (Å²) < 4.78 is 0. The van der Waals surface area contributed by atoms with E-state index in [4.69, 9.17) is 0 Å². The predicted molar refractivity (Wildman–Crippen MR) is 93.0 cm³/mol. The van der Waals surface area contributed by atoms with E-state index < -0.39 is 58.4 Å². The molecule has 0 saturated heterocycles. The molecule has 152 valence electrons. The van der Waals surface area contributed by atoms with Gasteiger partial charge in [-0.2, -0.15) is 0 Å². The van der Waals surface area contributed by atoms with Crippen molar-refractivity contribution in [3.8, 4) is 0 Å². The number of carboxylic acids is 4. The van der Waals surface area contributed by atoms with Gasteiger partial charge >= 0.3 is 23.9 Å². The first-order chi connectivity index (χ1) is 12.5. The molecule has 8 nitrogen and oxygen atoms in total. The average Bonchev–Trinajstić information content (AvgIpc) is 2.59. The summed E-state index contributed by atoms with van der Waals surface area (Å²) in [6.07, 6.45) is 0.644. The molecule has 0 bridgehead atoms. The summed E-state index contributed by atoms with van der Waals surface area (Å²) in [6, 6.07) is 0. The molecule has 6 atom stereocenters. The van der Waals surface area contributed by atoms with Gasteiger partial charge in [-0.25, -0.2) is 0 Å². The van der Waals surface area contributed by atoms with E-state index in [-0.39, 0.29) is 38.5 Å². The minimum absolute atomic E-state index is 0.0193. The van der Waals surface area contributed by atoms with Crippen LogP contribution in [0.2, 0.25) is 0 Å². The van der Waals surface area contributed by atoms with Crippen LogP contribution in [0.15, 0.2) is 0 Å². The molecule has 0 aliphatic heterocycles. The Kier molecular flexibility index (Phi) is 5.87. The lowest BCUT2D eigenvalue weighted by molar-refractivity contribution is -0.197. The van der Waals surface area contributed by atoms with Gasteiger partial charge in [-0.3, -0.25) is 19.2 Å². The van der Waals surface area contributed by atoms with Gasteiger partial charge in [0.15, 0.2) is 0 Å². The maximum Gasteiger partial charge on any atom is 0.311 e. The number of carbonyl (C=O) groups is 4. The minimum Gasteiger partial charge on any atom is -0.481 e. The van der Waals surface area contributed by atoms with Crippen molar-refractivity contribution in [1.82, 2.24) is 0 Å². The van der Waals surface area contributed by atoms with E-state index in [1.54, 1.807) is 13.8 Å². The fraction of sp³-hybridized carbons (Fsp3) is 0.789. The topological polar surface area (TPSA) is 149 Å². The van der Waals surface area contributed by atoms with Gasteiger partial charge in [0.2, 0.25) is 0 Å². The van der Waals surface area contributed by atoms with Crippen molar-refractivity contribution in [2.24, 2.45) is 34.5 Å². The molecule has 2 fully saturated rings. The van der Waals surface area contributed by atoms with Crippen LogP contribution in [0.1, 0.15) is 58.8 Å². The summed E-state index contributed by atoms with van der Waals surface area (Å²) in [5.41, 5.74) is -3.17. The van der Waals surface area contributed by atoms with Crippen molar-refractivity contribution in [3.63, 3.8) is 0 Å². The monoisotopic (exact) mass is 384 g/mol. The van der Waals surface area contributed by atoms with Crippen LogP contribution in [0.25, 0.3) is 0 Å². The molecule has 2 aliphatic carbocycles. The van der Waals surface area contributed by atoms with E-state index >= 15 is 0 Å². The average molecular weight is 384 g/mol. The molecular formula is C19H28O8. The fourth-order valence-electron chi connectivity index (χ4n) is 5.76. The predicted octanol–water partition coefficient (Wildman–Crippen LogP) is 2.56. The second-order valence-corrected chi connectivity index (χ2v) is 8.24. The molecule has 2 aliphatic rings. The molecule has 2 rings (SSSR count). The van der Waals surface area contributed by atoms with Crippen LogP contribution in [0, 0.1) is 34.5 Å². The molecule has 27 heavy (non-hydrogen) atoms. The Balaban J connectivity index is 2.54. The van der Waals surface area contributed by atoms with Crippen LogP contribution in [-0.4, -0.2) is 44.3 Å².